The molecular weight excluding hydrogens is 212 g/mol. The van der Waals surface area contributed by atoms with Gasteiger partial charge in [-0.25, -0.2) is 0 Å². The van der Waals surface area contributed by atoms with Crippen LogP contribution in [-0.2, 0) is 4.79 Å². The van der Waals surface area contributed by atoms with Crippen LogP contribution in [-0.4, -0.2) is 35.5 Å². The molecule has 1 amide bonds. The highest BCUT2D eigenvalue weighted by Crippen LogP contribution is 2.27. The van der Waals surface area contributed by atoms with Crippen LogP contribution in [0.3, 0.4) is 0 Å². The molecule has 0 atom stereocenters. The van der Waals surface area contributed by atoms with Gasteiger partial charge in [-0.15, -0.1) is 0 Å². The van der Waals surface area contributed by atoms with Crippen molar-refractivity contribution < 1.29 is 4.79 Å². The van der Waals surface area contributed by atoms with Crippen molar-refractivity contribution in [3.63, 3.8) is 0 Å². The van der Waals surface area contributed by atoms with E-state index in [-0.39, 0.29) is 5.54 Å². The first-order valence-corrected chi connectivity index (χ1v) is 6.98. The van der Waals surface area contributed by atoms with Gasteiger partial charge in [-0.1, -0.05) is 13.3 Å². The van der Waals surface area contributed by atoms with Crippen molar-refractivity contribution >= 4 is 5.91 Å². The molecule has 0 aromatic heterocycles. The second-order valence-electron chi connectivity index (χ2n) is 6.10. The lowest BCUT2D eigenvalue weighted by Gasteiger charge is -2.24. The number of hydrogen-bond acceptors (Lipinski definition) is 2. The molecule has 17 heavy (non-hydrogen) atoms. The lowest BCUT2D eigenvalue weighted by Crippen LogP contribution is -2.40. The number of nitrogens with zero attached hydrogens (tertiary/aromatic N) is 1. The van der Waals surface area contributed by atoms with Crippen molar-refractivity contribution in [2.24, 2.45) is 0 Å². The average Bonchev–Trinajstić information content (AvgIpc) is 3.00. The molecule has 1 fully saturated rings. The van der Waals surface area contributed by atoms with Crippen LogP contribution in [0.2, 0.25) is 0 Å². The molecule has 0 radical (unpaired) electrons. The van der Waals surface area contributed by atoms with Crippen LogP contribution >= 0.6 is 0 Å². The van der Waals surface area contributed by atoms with Crippen LogP contribution in [0.15, 0.2) is 0 Å². The number of carbonyl (C=O) groups excluding carboxylic acids is 1. The van der Waals surface area contributed by atoms with Crippen molar-refractivity contribution in [1.29, 1.82) is 0 Å². The first-order chi connectivity index (χ1) is 7.94. The van der Waals surface area contributed by atoms with Crippen LogP contribution in [0.25, 0.3) is 0 Å². The summed E-state index contributed by atoms with van der Waals surface area (Å²) in [6.07, 6.45) is 5.35. The van der Waals surface area contributed by atoms with Gasteiger partial charge in [0.2, 0.25) is 5.91 Å². The highest BCUT2D eigenvalue weighted by atomic mass is 16.2. The lowest BCUT2D eigenvalue weighted by molar-refractivity contribution is -0.131. The lowest BCUT2D eigenvalue weighted by atomic mass is 10.1. The quantitative estimate of drug-likeness (QED) is 0.742. The summed E-state index contributed by atoms with van der Waals surface area (Å²) in [5, 5.41) is 3.38. The van der Waals surface area contributed by atoms with Crippen LogP contribution in [0, 0.1) is 0 Å². The van der Waals surface area contributed by atoms with Crippen molar-refractivity contribution in [2.45, 2.75) is 71.4 Å². The summed E-state index contributed by atoms with van der Waals surface area (Å²) in [5.41, 5.74) is 0.105. The zero-order valence-corrected chi connectivity index (χ0v) is 11.9. The van der Waals surface area contributed by atoms with E-state index in [1.807, 2.05) is 0 Å². The Morgan fingerprint density at radius 2 is 2.00 bits per heavy atom. The maximum atomic E-state index is 12.1. The molecule has 0 saturated heterocycles. The van der Waals surface area contributed by atoms with Gasteiger partial charge in [-0.05, 0) is 40.0 Å². The third-order valence-electron chi connectivity index (χ3n) is 3.05. The number of nitrogens with one attached hydrogen (secondary N) is 1. The maximum Gasteiger partial charge on any atom is 0.224 e. The van der Waals surface area contributed by atoms with Crippen molar-refractivity contribution in [3.8, 4) is 0 Å². The topological polar surface area (TPSA) is 32.3 Å². The van der Waals surface area contributed by atoms with E-state index in [0.717, 1.165) is 25.9 Å². The van der Waals surface area contributed by atoms with Crippen molar-refractivity contribution in [1.82, 2.24) is 10.2 Å². The summed E-state index contributed by atoms with van der Waals surface area (Å²) in [5.74, 6) is 0.331. The van der Waals surface area contributed by atoms with E-state index in [1.54, 1.807) is 0 Å². The Hall–Kier alpha value is -0.570. The summed E-state index contributed by atoms with van der Waals surface area (Å²) in [7, 11) is 0. The maximum absolute atomic E-state index is 12.1. The summed E-state index contributed by atoms with van der Waals surface area (Å²) in [4.78, 5) is 14.2. The van der Waals surface area contributed by atoms with Gasteiger partial charge < -0.3 is 10.2 Å². The minimum Gasteiger partial charge on any atom is -0.340 e. The largest absolute Gasteiger partial charge is 0.340 e. The molecular formula is C14H28N2O. The molecule has 0 aromatic rings. The monoisotopic (exact) mass is 240 g/mol. The fourth-order valence-corrected chi connectivity index (χ4v) is 1.91. The van der Waals surface area contributed by atoms with Gasteiger partial charge in [-0.2, -0.15) is 0 Å². The number of rotatable bonds is 7. The minimum atomic E-state index is 0.105. The molecule has 0 aromatic carbocycles. The molecule has 3 nitrogen and oxygen atoms in total. The first kappa shape index (κ1) is 14.5. The van der Waals surface area contributed by atoms with Crippen LogP contribution in [0.1, 0.15) is 59.8 Å². The van der Waals surface area contributed by atoms with E-state index in [1.165, 1.54) is 12.8 Å². The Kier molecular flexibility index (Phi) is 5.44. The van der Waals surface area contributed by atoms with Gasteiger partial charge in [0.15, 0.2) is 0 Å². The molecule has 1 aliphatic carbocycles. The fraction of sp³-hybridized carbons (Fsp3) is 0.929. The molecule has 100 valence electrons. The highest BCUT2D eigenvalue weighted by molar-refractivity contribution is 5.77. The molecule has 0 unspecified atom stereocenters. The Bertz CT molecular complexity index is 241. The molecule has 0 spiro atoms. The van der Waals surface area contributed by atoms with E-state index < -0.39 is 0 Å². The van der Waals surface area contributed by atoms with Gasteiger partial charge in [0, 0.05) is 31.1 Å². The standard InChI is InChI=1S/C14H28N2O/c1-5-6-11-16(12-7-8-12)13(17)9-10-15-14(2,3)4/h12,15H,5-11H2,1-4H3. The molecule has 0 heterocycles. The van der Waals surface area contributed by atoms with Gasteiger partial charge in [0.05, 0.1) is 0 Å². The fourth-order valence-electron chi connectivity index (χ4n) is 1.91. The molecule has 1 N–H and O–H groups in total. The van der Waals surface area contributed by atoms with Crippen LogP contribution in [0.5, 0.6) is 0 Å². The number of carbonyl (C=O) groups is 1. The third-order valence-corrected chi connectivity index (χ3v) is 3.05. The van der Waals surface area contributed by atoms with Gasteiger partial charge >= 0.3 is 0 Å². The zero-order valence-electron chi connectivity index (χ0n) is 11.9. The minimum absolute atomic E-state index is 0.105. The Morgan fingerprint density at radius 1 is 1.35 bits per heavy atom. The average molecular weight is 240 g/mol. The second kappa shape index (κ2) is 6.39. The van der Waals surface area contributed by atoms with Crippen molar-refractivity contribution in [3.05, 3.63) is 0 Å². The molecule has 3 heteroatoms. The van der Waals surface area contributed by atoms with Gasteiger partial charge in [0.1, 0.15) is 0 Å². The SMILES string of the molecule is CCCCN(C(=O)CCNC(C)(C)C)C1CC1. The summed E-state index contributed by atoms with van der Waals surface area (Å²) in [6, 6.07) is 0.559. The summed E-state index contributed by atoms with van der Waals surface area (Å²) in [6.45, 7) is 10.3. The smallest absolute Gasteiger partial charge is 0.224 e. The van der Waals surface area contributed by atoms with E-state index in [9.17, 15) is 4.79 Å². The Labute approximate surface area is 106 Å². The Morgan fingerprint density at radius 3 is 2.47 bits per heavy atom. The number of amides is 1. The number of unbranched alkanes of at least 4 members (excludes halogenated alkanes) is 1. The first-order valence-electron chi connectivity index (χ1n) is 6.98. The van der Waals surface area contributed by atoms with Crippen molar-refractivity contribution in [2.75, 3.05) is 13.1 Å². The molecule has 1 aliphatic rings. The van der Waals surface area contributed by atoms with Crippen LogP contribution in [0.4, 0.5) is 0 Å². The van der Waals surface area contributed by atoms with E-state index >= 15 is 0 Å². The predicted molar refractivity (Wildman–Crippen MR) is 72.0 cm³/mol. The van der Waals surface area contributed by atoms with E-state index in [4.69, 9.17) is 0 Å². The van der Waals surface area contributed by atoms with E-state index in [0.29, 0.717) is 18.4 Å². The Balaban J connectivity index is 2.27. The van der Waals surface area contributed by atoms with Crippen LogP contribution < -0.4 is 5.32 Å². The second-order valence-corrected chi connectivity index (χ2v) is 6.10. The van der Waals surface area contributed by atoms with Gasteiger partial charge in [0.25, 0.3) is 0 Å². The summed E-state index contributed by atoms with van der Waals surface area (Å²) >= 11 is 0. The predicted octanol–water partition coefficient (Wildman–Crippen LogP) is 2.56. The highest BCUT2D eigenvalue weighted by Gasteiger charge is 2.31. The van der Waals surface area contributed by atoms with E-state index in [2.05, 4.69) is 37.9 Å². The number of hydrogen-bond donors (Lipinski definition) is 1. The zero-order chi connectivity index (χ0) is 12.9. The normalized spacial score (nSPS) is 16.0. The molecule has 0 aliphatic heterocycles. The third kappa shape index (κ3) is 6.06. The molecule has 1 rings (SSSR count). The van der Waals surface area contributed by atoms with Gasteiger partial charge in [-0.3, -0.25) is 4.79 Å². The summed E-state index contributed by atoms with van der Waals surface area (Å²) < 4.78 is 0. The molecule has 0 bridgehead atoms. The molecule has 1 saturated carbocycles.